The standard InChI is InChI=1S/C28H26F2N4O5/c1-31-26(37)32-22-11-10-20-19(25(22)36)12-13-28(20)16-33(27(38)39-28)15-24(35)34(23-5-3-2-4-21(23)30)14-17-6-8-18(29)9-7-17/h2-11,19H,12-16H2,1H3,(H2,31,32,37)/t19?,28-/m0/s1. The summed E-state index contributed by atoms with van der Waals surface area (Å²) >= 11 is 0. The van der Waals surface area contributed by atoms with Gasteiger partial charge in [-0.25, -0.2) is 18.4 Å². The molecule has 4 amide bonds. The smallest absolute Gasteiger partial charge is 0.411 e. The van der Waals surface area contributed by atoms with E-state index in [1.54, 1.807) is 12.1 Å². The summed E-state index contributed by atoms with van der Waals surface area (Å²) in [6.07, 6.45) is 3.24. The summed E-state index contributed by atoms with van der Waals surface area (Å²) in [5, 5.41) is 4.90. The van der Waals surface area contributed by atoms with Crippen molar-refractivity contribution in [2.75, 3.05) is 25.0 Å². The van der Waals surface area contributed by atoms with Gasteiger partial charge in [-0.2, -0.15) is 0 Å². The van der Waals surface area contributed by atoms with E-state index in [1.807, 2.05) is 0 Å². The lowest BCUT2D eigenvalue weighted by Crippen LogP contribution is -2.43. The van der Waals surface area contributed by atoms with Crippen molar-refractivity contribution < 1.29 is 32.7 Å². The van der Waals surface area contributed by atoms with E-state index in [9.17, 15) is 28.0 Å². The average Bonchev–Trinajstić information content (AvgIpc) is 3.44. The zero-order chi connectivity index (χ0) is 27.7. The summed E-state index contributed by atoms with van der Waals surface area (Å²) in [6, 6.07) is 10.8. The van der Waals surface area contributed by atoms with Gasteiger partial charge in [-0.15, -0.1) is 0 Å². The normalized spacial score (nSPS) is 21.7. The Kier molecular flexibility index (Phi) is 6.90. The van der Waals surface area contributed by atoms with E-state index in [1.165, 1.54) is 65.4 Å². The van der Waals surface area contributed by atoms with E-state index in [2.05, 4.69) is 10.6 Å². The number of urea groups is 1. The van der Waals surface area contributed by atoms with Crippen molar-refractivity contribution in [2.24, 2.45) is 5.92 Å². The zero-order valence-corrected chi connectivity index (χ0v) is 21.1. The summed E-state index contributed by atoms with van der Waals surface area (Å²) in [6.45, 7) is -0.385. The number of ether oxygens (including phenoxy) is 1. The monoisotopic (exact) mass is 536 g/mol. The molecule has 1 saturated heterocycles. The van der Waals surface area contributed by atoms with E-state index < -0.39 is 41.2 Å². The molecule has 0 radical (unpaired) electrons. The average molecular weight is 537 g/mol. The molecular weight excluding hydrogens is 510 g/mol. The fraction of sp³-hybridized carbons (Fsp3) is 0.286. The lowest BCUT2D eigenvalue weighted by molar-refractivity contribution is -0.119. The summed E-state index contributed by atoms with van der Waals surface area (Å²) in [4.78, 5) is 53.5. The Morgan fingerprint density at radius 1 is 1.10 bits per heavy atom. The lowest BCUT2D eigenvalue weighted by Gasteiger charge is -2.28. The Bertz CT molecular complexity index is 1410. The number of carbonyl (C=O) groups is 4. The number of nitrogens with one attached hydrogen (secondary N) is 2. The molecule has 2 N–H and O–H groups in total. The van der Waals surface area contributed by atoms with Gasteiger partial charge in [0.25, 0.3) is 0 Å². The number of hydrogen-bond donors (Lipinski definition) is 2. The summed E-state index contributed by atoms with van der Waals surface area (Å²) in [5.74, 6) is -2.45. The molecule has 1 heterocycles. The number of amides is 4. The van der Waals surface area contributed by atoms with Gasteiger partial charge in [0.1, 0.15) is 18.2 Å². The maximum atomic E-state index is 14.7. The Labute approximate surface area is 223 Å². The number of nitrogens with zero attached hydrogens (tertiary/aromatic N) is 2. The number of halogens is 2. The Hall–Kier alpha value is -4.54. The minimum absolute atomic E-state index is 0.0249. The van der Waals surface area contributed by atoms with Gasteiger partial charge >= 0.3 is 12.1 Å². The molecule has 5 rings (SSSR count). The second-order valence-electron chi connectivity index (χ2n) is 9.64. The number of benzene rings is 2. The van der Waals surface area contributed by atoms with Crippen LogP contribution in [-0.2, 0) is 20.9 Å². The molecule has 11 heteroatoms. The van der Waals surface area contributed by atoms with Crippen LogP contribution in [0.2, 0.25) is 0 Å². The van der Waals surface area contributed by atoms with Crippen molar-refractivity contribution in [3.05, 3.63) is 89.2 Å². The molecule has 2 aliphatic carbocycles. The van der Waals surface area contributed by atoms with Crippen LogP contribution in [0.3, 0.4) is 0 Å². The molecule has 2 aromatic rings. The molecular formula is C28H26F2N4O5. The fourth-order valence-corrected chi connectivity index (χ4v) is 5.30. The van der Waals surface area contributed by atoms with Crippen molar-refractivity contribution in [3.63, 3.8) is 0 Å². The fourth-order valence-electron chi connectivity index (χ4n) is 5.30. The van der Waals surface area contributed by atoms with Crippen molar-refractivity contribution in [3.8, 4) is 0 Å². The second kappa shape index (κ2) is 10.3. The first kappa shape index (κ1) is 26.1. The highest BCUT2D eigenvalue weighted by Gasteiger charge is 2.56. The first-order valence-electron chi connectivity index (χ1n) is 12.4. The predicted molar refractivity (Wildman–Crippen MR) is 136 cm³/mol. The maximum absolute atomic E-state index is 14.7. The molecule has 202 valence electrons. The van der Waals surface area contributed by atoms with Crippen molar-refractivity contribution in [1.82, 2.24) is 15.5 Å². The Morgan fingerprint density at radius 2 is 1.85 bits per heavy atom. The third-order valence-electron chi connectivity index (χ3n) is 7.24. The largest absolute Gasteiger partial charge is 0.436 e. The van der Waals surface area contributed by atoms with Crippen LogP contribution in [0.1, 0.15) is 18.4 Å². The summed E-state index contributed by atoms with van der Waals surface area (Å²) in [5.41, 5.74) is 0.295. The number of allylic oxidation sites excluding steroid dienone is 3. The Balaban J connectivity index is 1.36. The first-order chi connectivity index (χ1) is 18.7. The van der Waals surface area contributed by atoms with E-state index in [-0.39, 0.29) is 36.8 Å². The van der Waals surface area contributed by atoms with Gasteiger partial charge in [-0.1, -0.05) is 30.3 Å². The van der Waals surface area contributed by atoms with Crippen LogP contribution in [0.5, 0.6) is 0 Å². The van der Waals surface area contributed by atoms with Gasteiger partial charge in [0, 0.05) is 13.0 Å². The highest BCUT2D eigenvalue weighted by molar-refractivity contribution is 6.04. The van der Waals surface area contributed by atoms with Crippen LogP contribution in [0.4, 0.5) is 24.1 Å². The third kappa shape index (κ3) is 4.99. The number of rotatable bonds is 6. The molecule has 2 fully saturated rings. The topological polar surface area (TPSA) is 108 Å². The molecule has 1 saturated carbocycles. The predicted octanol–water partition coefficient (Wildman–Crippen LogP) is 3.42. The summed E-state index contributed by atoms with van der Waals surface area (Å²) in [7, 11) is 1.44. The van der Waals surface area contributed by atoms with Crippen LogP contribution in [0, 0.1) is 17.6 Å². The zero-order valence-electron chi connectivity index (χ0n) is 21.1. The minimum atomic E-state index is -1.08. The van der Waals surface area contributed by atoms with Gasteiger partial charge in [-0.3, -0.25) is 14.5 Å². The lowest BCUT2D eigenvalue weighted by atomic mass is 9.85. The van der Waals surface area contributed by atoms with Crippen molar-refractivity contribution in [2.45, 2.75) is 25.0 Å². The third-order valence-corrected chi connectivity index (χ3v) is 7.24. The van der Waals surface area contributed by atoms with E-state index >= 15 is 0 Å². The molecule has 3 aliphatic rings. The van der Waals surface area contributed by atoms with Gasteiger partial charge in [0.15, 0.2) is 11.4 Å². The van der Waals surface area contributed by atoms with Gasteiger partial charge in [-0.05, 0) is 54.3 Å². The Morgan fingerprint density at radius 3 is 2.56 bits per heavy atom. The van der Waals surface area contributed by atoms with Gasteiger partial charge in [0.05, 0.1) is 24.5 Å². The van der Waals surface area contributed by atoms with E-state index in [0.29, 0.717) is 24.0 Å². The van der Waals surface area contributed by atoms with Crippen molar-refractivity contribution >= 4 is 29.5 Å². The molecule has 1 spiro atoms. The van der Waals surface area contributed by atoms with Crippen LogP contribution in [0.15, 0.2) is 72.0 Å². The quantitative estimate of drug-likeness (QED) is 0.588. The number of hydrogen-bond acceptors (Lipinski definition) is 5. The number of para-hydroxylation sites is 1. The molecule has 39 heavy (non-hydrogen) atoms. The molecule has 2 aromatic carbocycles. The number of fused-ring (bicyclic) bond motifs is 2. The molecule has 0 bridgehead atoms. The molecule has 9 nitrogen and oxygen atoms in total. The number of carbonyl (C=O) groups excluding carboxylic acids is 4. The summed E-state index contributed by atoms with van der Waals surface area (Å²) < 4.78 is 33.9. The molecule has 1 aliphatic heterocycles. The van der Waals surface area contributed by atoms with Gasteiger partial charge < -0.3 is 20.3 Å². The molecule has 1 unspecified atom stereocenters. The maximum Gasteiger partial charge on any atom is 0.411 e. The highest BCUT2D eigenvalue weighted by atomic mass is 19.1. The highest BCUT2D eigenvalue weighted by Crippen LogP contribution is 2.48. The SMILES string of the molecule is CNC(=O)NC1=CC=C2C(CC[C@]23CN(CC(=O)N(Cc2ccc(F)cc2)c2ccccc2F)C(=O)O3)C1=O. The number of Topliss-reactive ketones (excluding diaryl/α,β-unsaturated/α-hetero) is 1. The van der Waals surface area contributed by atoms with Crippen LogP contribution >= 0.6 is 0 Å². The van der Waals surface area contributed by atoms with Gasteiger partial charge in [0.2, 0.25) is 5.91 Å². The van der Waals surface area contributed by atoms with Crippen LogP contribution in [0.25, 0.3) is 0 Å². The van der Waals surface area contributed by atoms with Crippen molar-refractivity contribution in [1.29, 1.82) is 0 Å². The van der Waals surface area contributed by atoms with E-state index in [4.69, 9.17) is 4.74 Å². The number of anilines is 1. The van der Waals surface area contributed by atoms with Crippen LogP contribution < -0.4 is 15.5 Å². The number of ketones is 1. The molecule has 2 atom stereocenters. The first-order valence-corrected chi connectivity index (χ1v) is 12.4. The molecule has 0 aromatic heterocycles. The second-order valence-corrected chi connectivity index (χ2v) is 9.64. The van der Waals surface area contributed by atoms with E-state index in [0.717, 1.165) is 0 Å². The van der Waals surface area contributed by atoms with Crippen LogP contribution in [-0.4, -0.2) is 54.5 Å². The minimum Gasteiger partial charge on any atom is -0.436 e.